The highest BCUT2D eigenvalue weighted by molar-refractivity contribution is 6.32. The van der Waals surface area contributed by atoms with E-state index in [4.69, 9.17) is 21.1 Å². The van der Waals surface area contributed by atoms with Crippen molar-refractivity contribution in [1.29, 1.82) is 5.26 Å². The minimum atomic E-state index is 0.293. The van der Waals surface area contributed by atoms with Gasteiger partial charge >= 0.3 is 0 Å². The summed E-state index contributed by atoms with van der Waals surface area (Å²) in [5.74, 6) is 1.31. The molecule has 5 aromatic rings. The van der Waals surface area contributed by atoms with Gasteiger partial charge in [-0.1, -0.05) is 66.2 Å². The van der Waals surface area contributed by atoms with E-state index in [1.807, 2.05) is 12.1 Å². The summed E-state index contributed by atoms with van der Waals surface area (Å²) in [6.07, 6.45) is 9.31. The van der Waals surface area contributed by atoms with Crippen molar-refractivity contribution >= 4 is 11.6 Å². The number of nitriles is 1. The van der Waals surface area contributed by atoms with Crippen molar-refractivity contribution < 1.29 is 9.47 Å². The standard InChI is InChI=1S/C42H40ClN3O2/c1-28-35(10-6-12-38(28)39-13-7-11-37(29(39)2)34-15-14-32-8-5-9-33(32)19-34)27-48-42-21-41(47-26-31-18-30(22-44)23-45-24-31)36(20-40(42)43)25-46-16-3-4-17-46/h6-7,10-15,18-21,23-24H,3-5,8-9,16-17,25-27H2,1-2H3. The van der Waals surface area contributed by atoms with Crippen LogP contribution in [0.2, 0.25) is 5.02 Å². The maximum absolute atomic E-state index is 9.31. The van der Waals surface area contributed by atoms with E-state index < -0.39 is 0 Å². The van der Waals surface area contributed by atoms with Gasteiger partial charge in [0.25, 0.3) is 0 Å². The van der Waals surface area contributed by atoms with Crippen LogP contribution in [0.1, 0.15) is 63.8 Å². The SMILES string of the molecule is Cc1c(COc2cc(OCc3cncc(C#N)c3)c(CN3CCCC3)cc2Cl)cccc1-c1cccc(-c2ccc3c(c2)CCC3)c1C. The van der Waals surface area contributed by atoms with Crippen molar-refractivity contribution in [2.24, 2.45) is 0 Å². The Balaban J connectivity index is 1.13. The molecule has 7 rings (SSSR count). The predicted molar refractivity (Wildman–Crippen MR) is 192 cm³/mol. The monoisotopic (exact) mass is 653 g/mol. The van der Waals surface area contributed by atoms with E-state index in [9.17, 15) is 5.26 Å². The van der Waals surface area contributed by atoms with Crippen LogP contribution < -0.4 is 9.47 Å². The fraction of sp³-hybridized carbons (Fsp3) is 0.286. The number of fused-ring (bicyclic) bond motifs is 1. The minimum absolute atomic E-state index is 0.293. The molecule has 0 atom stereocenters. The van der Waals surface area contributed by atoms with Crippen LogP contribution in [0.25, 0.3) is 22.3 Å². The Hall–Kier alpha value is -4.63. The van der Waals surface area contributed by atoms with E-state index in [0.29, 0.717) is 29.5 Å². The molecule has 48 heavy (non-hydrogen) atoms. The van der Waals surface area contributed by atoms with Gasteiger partial charge in [0.15, 0.2) is 0 Å². The second-order valence-corrected chi connectivity index (χ2v) is 13.5. The third kappa shape index (κ3) is 6.83. The number of benzene rings is 4. The molecule has 0 N–H and O–H groups in total. The summed E-state index contributed by atoms with van der Waals surface area (Å²) in [5, 5.41) is 9.87. The highest BCUT2D eigenvalue weighted by Gasteiger charge is 2.19. The second-order valence-electron chi connectivity index (χ2n) is 13.0. The Morgan fingerprint density at radius 2 is 1.50 bits per heavy atom. The summed E-state index contributed by atoms with van der Waals surface area (Å²) in [6, 6.07) is 27.9. The van der Waals surface area contributed by atoms with E-state index in [2.05, 4.69) is 84.4 Å². The van der Waals surface area contributed by atoms with Gasteiger partial charge in [-0.3, -0.25) is 9.88 Å². The predicted octanol–water partition coefficient (Wildman–Crippen LogP) is 9.80. The van der Waals surface area contributed by atoms with E-state index >= 15 is 0 Å². The van der Waals surface area contributed by atoms with Crippen LogP contribution >= 0.6 is 11.6 Å². The molecule has 1 aliphatic heterocycles. The van der Waals surface area contributed by atoms with Gasteiger partial charge in [-0.25, -0.2) is 0 Å². The van der Waals surface area contributed by atoms with Crippen molar-refractivity contribution in [3.05, 3.63) is 135 Å². The lowest BCUT2D eigenvalue weighted by Crippen LogP contribution is -2.19. The molecule has 1 aliphatic carbocycles. The number of hydrogen-bond donors (Lipinski definition) is 0. The third-order valence-corrected chi connectivity index (χ3v) is 10.2. The zero-order valence-corrected chi connectivity index (χ0v) is 28.4. The summed E-state index contributed by atoms with van der Waals surface area (Å²) < 4.78 is 12.8. The van der Waals surface area contributed by atoms with Crippen LogP contribution in [0.5, 0.6) is 11.5 Å². The zero-order chi connectivity index (χ0) is 33.0. The number of ether oxygens (including phenoxy) is 2. The van der Waals surface area contributed by atoms with Gasteiger partial charge < -0.3 is 9.47 Å². The number of likely N-dealkylation sites (tertiary alicyclic amines) is 1. The Morgan fingerprint density at radius 1 is 0.750 bits per heavy atom. The van der Waals surface area contributed by atoms with Crippen LogP contribution in [-0.2, 0) is 32.6 Å². The molecule has 2 aliphatic rings. The molecule has 2 heterocycles. The Labute approximate surface area is 288 Å². The molecule has 0 unspecified atom stereocenters. The molecule has 0 bridgehead atoms. The molecule has 0 saturated carbocycles. The molecule has 0 amide bonds. The average Bonchev–Trinajstić information content (AvgIpc) is 3.80. The summed E-state index contributed by atoms with van der Waals surface area (Å²) in [5.41, 5.74) is 14.0. The quantitative estimate of drug-likeness (QED) is 0.150. The molecule has 6 heteroatoms. The van der Waals surface area contributed by atoms with Crippen LogP contribution in [-0.4, -0.2) is 23.0 Å². The number of rotatable bonds is 10. The first-order valence-electron chi connectivity index (χ1n) is 16.9. The molecule has 1 saturated heterocycles. The van der Waals surface area contributed by atoms with Gasteiger partial charge in [-0.05, 0) is 121 Å². The largest absolute Gasteiger partial charge is 0.488 e. The number of aromatic nitrogens is 1. The van der Waals surface area contributed by atoms with Gasteiger partial charge in [-0.2, -0.15) is 5.26 Å². The maximum atomic E-state index is 9.31. The molecule has 0 spiro atoms. The summed E-state index contributed by atoms with van der Waals surface area (Å²) in [4.78, 5) is 6.61. The lowest BCUT2D eigenvalue weighted by atomic mass is 9.89. The number of hydrogen-bond acceptors (Lipinski definition) is 5. The first-order valence-corrected chi connectivity index (χ1v) is 17.3. The van der Waals surface area contributed by atoms with Crippen molar-refractivity contribution in [2.45, 2.75) is 65.7 Å². The number of halogens is 1. The van der Waals surface area contributed by atoms with E-state index in [1.54, 1.807) is 18.5 Å². The lowest BCUT2D eigenvalue weighted by molar-refractivity contribution is 0.277. The molecule has 242 valence electrons. The molecule has 1 aromatic heterocycles. The first-order chi connectivity index (χ1) is 23.5. The highest BCUT2D eigenvalue weighted by atomic mass is 35.5. The first kappa shape index (κ1) is 31.9. The van der Waals surface area contributed by atoms with Crippen molar-refractivity contribution in [1.82, 2.24) is 9.88 Å². The molecule has 1 fully saturated rings. The molecule has 5 nitrogen and oxygen atoms in total. The third-order valence-electron chi connectivity index (χ3n) is 9.89. The fourth-order valence-corrected chi connectivity index (χ4v) is 7.42. The van der Waals surface area contributed by atoms with Crippen molar-refractivity contribution in [2.75, 3.05) is 13.1 Å². The Bertz CT molecular complexity index is 2010. The van der Waals surface area contributed by atoms with E-state index in [1.165, 1.54) is 76.6 Å². The van der Waals surface area contributed by atoms with E-state index in [0.717, 1.165) is 42.1 Å². The normalized spacial score (nSPS) is 14.1. The number of pyridine rings is 1. The second kappa shape index (κ2) is 14.2. The van der Waals surface area contributed by atoms with Gasteiger partial charge in [0.05, 0.1) is 10.6 Å². The molecule has 4 aromatic carbocycles. The van der Waals surface area contributed by atoms with Gasteiger partial charge in [0.1, 0.15) is 30.8 Å². The fourth-order valence-electron chi connectivity index (χ4n) is 7.18. The summed E-state index contributed by atoms with van der Waals surface area (Å²) in [7, 11) is 0. The van der Waals surface area contributed by atoms with Crippen LogP contribution in [0.3, 0.4) is 0 Å². The van der Waals surface area contributed by atoms with Gasteiger partial charge in [-0.15, -0.1) is 0 Å². The number of nitrogens with zero attached hydrogens (tertiary/aromatic N) is 3. The minimum Gasteiger partial charge on any atom is -0.488 e. The van der Waals surface area contributed by atoms with Crippen LogP contribution in [0.15, 0.2) is 85.2 Å². The van der Waals surface area contributed by atoms with Crippen LogP contribution in [0, 0.1) is 25.2 Å². The maximum Gasteiger partial charge on any atom is 0.142 e. The molecular weight excluding hydrogens is 614 g/mol. The van der Waals surface area contributed by atoms with Crippen molar-refractivity contribution in [3.63, 3.8) is 0 Å². The summed E-state index contributed by atoms with van der Waals surface area (Å²) >= 11 is 6.86. The smallest absolute Gasteiger partial charge is 0.142 e. The highest BCUT2D eigenvalue weighted by Crippen LogP contribution is 2.38. The van der Waals surface area contributed by atoms with Crippen LogP contribution in [0.4, 0.5) is 0 Å². The van der Waals surface area contributed by atoms with Crippen molar-refractivity contribution in [3.8, 4) is 39.8 Å². The Morgan fingerprint density at radius 3 is 2.33 bits per heavy atom. The molecule has 0 radical (unpaired) electrons. The number of aryl methyl sites for hydroxylation is 2. The molecular formula is C42H40ClN3O2. The Kier molecular flexibility index (Phi) is 9.47. The van der Waals surface area contributed by atoms with Gasteiger partial charge in [0, 0.05) is 36.1 Å². The zero-order valence-electron chi connectivity index (χ0n) is 27.7. The summed E-state index contributed by atoms with van der Waals surface area (Å²) in [6.45, 7) is 7.97. The van der Waals surface area contributed by atoms with E-state index in [-0.39, 0.29) is 0 Å². The average molecular weight is 654 g/mol. The topological polar surface area (TPSA) is 58.4 Å². The lowest BCUT2D eigenvalue weighted by Gasteiger charge is -2.20. The van der Waals surface area contributed by atoms with Gasteiger partial charge in [0.2, 0.25) is 0 Å².